The van der Waals surface area contributed by atoms with Crippen LogP contribution in [0.15, 0.2) is 36.5 Å². The molecule has 2 aromatic rings. The number of fused-ring (bicyclic) bond motifs is 2. The van der Waals surface area contributed by atoms with Crippen LogP contribution in [0, 0.1) is 11.8 Å². The molecule has 1 unspecified atom stereocenters. The van der Waals surface area contributed by atoms with Crippen molar-refractivity contribution >= 4 is 23.1 Å². The average Bonchev–Trinajstić information content (AvgIpc) is 3.02. The quantitative estimate of drug-likeness (QED) is 0.576. The Kier molecular flexibility index (Phi) is 7.99. The third kappa shape index (κ3) is 5.56. The third-order valence-corrected chi connectivity index (χ3v) is 7.28. The zero-order valence-electron chi connectivity index (χ0n) is 20.2. The maximum atomic E-state index is 13.8. The number of amides is 1. The molecule has 2 heterocycles. The number of pyridine rings is 1. The largest absolute Gasteiger partial charge is 0.385 e. The van der Waals surface area contributed by atoms with Crippen LogP contribution in [0.5, 0.6) is 0 Å². The molecule has 0 bridgehead atoms. The van der Waals surface area contributed by atoms with Gasteiger partial charge in [0.1, 0.15) is 5.82 Å². The van der Waals surface area contributed by atoms with Crippen LogP contribution in [0.2, 0.25) is 0 Å². The van der Waals surface area contributed by atoms with Crippen LogP contribution in [0.3, 0.4) is 0 Å². The zero-order valence-corrected chi connectivity index (χ0v) is 20.2. The minimum Gasteiger partial charge on any atom is -0.385 e. The SMILES string of the molecule is CCC(CCOC)Cc1ccc2c(c1)N(C(=O)C1CCC(OC)CC1)Cc1cccnc1N2. The summed E-state index contributed by atoms with van der Waals surface area (Å²) in [4.78, 5) is 20.4. The van der Waals surface area contributed by atoms with Crippen LogP contribution in [0.1, 0.15) is 56.6 Å². The van der Waals surface area contributed by atoms with Crippen LogP contribution in [0.25, 0.3) is 0 Å². The number of hydrogen-bond acceptors (Lipinski definition) is 5. The number of ether oxygens (including phenoxy) is 2. The van der Waals surface area contributed by atoms with Gasteiger partial charge in [0, 0.05) is 38.5 Å². The van der Waals surface area contributed by atoms with E-state index in [1.807, 2.05) is 11.0 Å². The predicted molar refractivity (Wildman–Crippen MR) is 132 cm³/mol. The summed E-state index contributed by atoms with van der Waals surface area (Å²) in [7, 11) is 3.53. The number of anilines is 3. The van der Waals surface area contributed by atoms with E-state index in [2.05, 4.69) is 41.5 Å². The van der Waals surface area contributed by atoms with Crippen LogP contribution in [0.4, 0.5) is 17.2 Å². The maximum Gasteiger partial charge on any atom is 0.230 e. The van der Waals surface area contributed by atoms with Crippen molar-refractivity contribution in [2.45, 2.75) is 64.5 Å². The number of carbonyl (C=O) groups excluding carboxylic acids is 1. The van der Waals surface area contributed by atoms with Crippen LogP contribution in [-0.4, -0.2) is 37.8 Å². The van der Waals surface area contributed by atoms with E-state index < -0.39 is 0 Å². The smallest absolute Gasteiger partial charge is 0.230 e. The van der Waals surface area contributed by atoms with Gasteiger partial charge < -0.3 is 19.7 Å². The minimum absolute atomic E-state index is 0.0382. The lowest BCUT2D eigenvalue weighted by Crippen LogP contribution is -2.38. The Morgan fingerprint density at radius 3 is 2.76 bits per heavy atom. The predicted octanol–water partition coefficient (Wildman–Crippen LogP) is 5.48. The minimum atomic E-state index is 0.0382. The lowest BCUT2D eigenvalue weighted by molar-refractivity contribution is -0.124. The van der Waals surface area contributed by atoms with Crippen molar-refractivity contribution in [2.75, 3.05) is 31.0 Å². The first-order chi connectivity index (χ1) is 16.1. The summed E-state index contributed by atoms with van der Waals surface area (Å²) in [6.45, 7) is 3.55. The molecule has 33 heavy (non-hydrogen) atoms. The van der Waals surface area contributed by atoms with Gasteiger partial charge in [-0.05, 0) is 68.2 Å². The summed E-state index contributed by atoms with van der Waals surface area (Å²) in [6.07, 6.45) is 8.87. The molecule has 6 nitrogen and oxygen atoms in total. The fourth-order valence-corrected chi connectivity index (χ4v) is 5.13. The van der Waals surface area contributed by atoms with Gasteiger partial charge in [0.15, 0.2) is 0 Å². The Bertz CT molecular complexity index is 940. The highest BCUT2D eigenvalue weighted by Crippen LogP contribution is 2.38. The monoisotopic (exact) mass is 451 g/mol. The molecule has 1 aliphatic carbocycles. The molecule has 1 N–H and O–H groups in total. The van der Waals surface area contributed by atoms with Gasteiger partial charge in [0.2, 0.25) is 5.91 Å². The van der Waals surface area contributed by atoms with E-state index >= 15 is 0 Å². The number of benzene rings is 1. The number of nitrogens with zero attached hydrogens (tertiary/aromatic N) is 2. The normalized spacial score (nSPS) is 20.9. The summed E-state index contributed by atoms with van der Waals surface area (Å²) in [5.41, 5.74) is 4.21. The second-order valence-electron chi connectivity index (χ2n) is 9.38. The molecular formula is C27H37N3O3. The van der Waals surface area contributed by atoms with Crippen molar-refractivity contribution in [3.63, 3.8) is 0 Å². The van der Waals surface area contributed by atoms with Crippen LogP contribution >= 0.6 is 0 Å². The molecule has 1 amide bonds. The first kappa shape index (κ1) is 23.7. The molecule has 1 atom stereocenters. The first-order valence-corrected chi connectivity index (χ1v) is 12.3. The van der Waals surface area contributed by atoms with Crippen molar-refractivity contribution in [3.05, 3.63) is 47.7 Å². The van der Waals surface area contributed by atoms with Gasteiger partial charge in [0.25, 0.3) is 0 Å². The maximum absolute atomic E-state index is 13.8. The number of hydrogen-bond donors (Lipinski definition) is 1. The van der Waals surface area contributed by atoms with Gasteiger partial charge in [-0.15, -0.1) is 0 Å². The van der Waals surface area contributed by atoms with Crippen molar-refractivity contribution in [3.8, 4) is 0 Å². The van der Waals surface area contributed by atoms with E-state index in [4.69, 9.17) is 9.47 Å². The molecule has 1 fully saturated rings. The second-order valence-corrected chi connectivity index (χ2v) is 9.38. The Balaban J connectivity index is 1.63. The van der Waals surface area contributed by atoms with Gasteiger partial charge >= 0.3 is 0 Å². The molecule has 1 aromatic carbocycles. The van der Waals surface area contributed by atoms with Gasteiger partial charge in [0.05, 0.1) is 24.0 Å². The Morgan fingerprint density at radius 2 is 2.03 bits per heavy atom. The van der Waals surface area contributed by atoms with Crippen molar-refractivity contribution in [1.82, 2.24) is 4.98 Å². The van der Waals surface area contributed by atoms with Gasteiger partial charge in [-0.3, -0.25) is 4.79 Å². The lowest BCUT2D eigenvalue weighted by Gasteiger charge is -2.32. The molecule has 178 valence electrons. The van der Waals surface area contributed by atoms with E-state index in [1.54, 1.807) is 20.4 Å². The molecule has 0 spiro atoms. The number of rotatable bonds is 8. The average molecular weight is 452 g/mol. The highest BCUT2D eigenvalue weighted by atomic mass is 16.5. The molecule has 6 heteroatoms. The highest BCUT2D eigenvalue weighted by Gasteiger charge is 2.33. The second kappa shape index (κ2) is 11.1. The highest BCUT2D eigenvalue weighted by molar-refractivity contribution is 5.99. The summed E-state index contributed by atoms with van der Waals surface area (Å²) in [6, 6.07) is 10.5. The molecule has 1 saturated carbocycles. The summed E-state index contributed by atoms with van der Waals surface area (Å²) in [5.74, 6) is 1.65. The van der Waals surface area contributed by atoms with E-state index in [1.165, 1.54) is 5.56 Å². The standard InChI is InChI=1S/C27H37N3O3/c1-4-19(13-15-32-2)16-20-7-12-24-25(17-20)30(18-22-6-5-14-28-26(22)29-24)27(31)21-8-10-23(33-3)11-9-21/h5-7,12,14,17,19,21,23H,4,8-11,13,15-16,18H2,1-3H3,(H,28,29). The fourth-order valence-electron chi connectivity index (χ4n) is 5.13. The molecular weight excluding hydrogens is 414 g/mol. The third-order valence-electron chi connectivity index (χ3n) is 7.28. The molecule has 2 aliphatic rings. The summed E-state index contributed by atoms with van der Waals surface area (Å²) >= 11 is 0. The molecule has 1 aromatic heterocycles. The zero-order chi connectivity index (χ0) is 23.2. The number of aromatic nitrogens is 1. The van der Waals surface area contributed by atoms with Crippen molar-refractivity contribution in [1.29, 1.82) is 0 Å². The summed E-state index contributed by atoms with van der Waals surface area (Å²) in [5, 5.41) is 3.49. The molecule has 0 saturated heterocycles. The van der Waals surface area contributed by atoms with E-state index in [9.17, 15) is 4.79 Å². The van der Waals surface area contributed by atoms with E-state index in [0.717, 1.165) is 74.3 Å². The number of carbonyl (C=O) groups is 1. The van der Waals surface area contributed by atoms with E-state index in [-0.39, 0.29) is 17.9 Å². The van der Waals surface area contributed by atoms with Crippen molar-refractivity contribution in [2.24, 2.45) is 11.8 Å². The fraction of sp³-hybridized carbons (Fsp3) is 0.556. The number of methoxy groups -OCH3 is 2. The number of nitrogens with one attached hydrogen (secondary N) is 1. The van der Waals surface area contributed by atoms with Gasteiger partial charge in [-0.25, -0.2) is 4.98 Å². The molecule has 4 rings (SSSR count). The Morgan fingerprint density at radius 1 is 1.21 bits per heavy atom. The van der Waals surface area contributed by atoms with Crippen LogP contribution < -0.4 is 10.2 Å². The van der Waals surface area contributed by atoms with Crippen LogP contribution in [-0.2, 0) is 27.2 Å². The van der Waals surface area contributed by atoms with E-state index in [0.29, 0.717) is 12.5 Å². The lowest BCUT2D eigenvalue weighted by atomic mass is 9.86. The molecule has 0 radical (unpaired) electrons. The Hall–Kier alpha value is -2.44. The molecule has 1 aliphatic heterocycles. The van der Waals surface area contributed by atoms with Gasteiger partial charge in [-0.2, -0.15) is 0 Å². The van der Waals surface area contributed by atoms with Gasteiger partial charge in [-0.1, -0.05) is 25.5 Å². The summed E-state index contributed by atoms with van der Waals surface area (Å²) < 4.78 is 10.8. The Labute approximate surface area is 197 Å². The topological polar surface area (TPSA) is 63.7 Å². The van der Waals surface area contributed by atoms with Crippen molar-refractivity contribution < 1.29 is 14.3 Å². The first-order valence-electron chi connectivity index (χ1n) is 12.3.